The molecular formula is C35H38FN3O. The quantitative estimate of drug-likeness (QED) is 0.280. The molecule has 4 aromatic carbocycles. The molecule has 2 aliphatic heterocycles. The van der Waals surface area contributed by atoms with Gasteiger partial charge in [0, 0.05) is 25.3 Å². The van der Waals surface area contributed by atoms with E-state index in [0.717, 1.165) is 49.1 Å². The fraction of sp³-hybridized carbons (Fsp3) is 0.343. The van der Waals surface area contributed by atoms with E-state index in [9.17, 15) is 9.18 Å². The zero-order chi connectivity index (χ0) is 27.5. The summed E-state index contributed by atoms with van der Waals surface area (Å²) in [4.78, 5) is 17.4. The van der Waals surface area contributed by atoms with Crippen molar-refractivity contribution in [3.05, 3.63) is 113 Å². The summed E-state index contributed by atoms with van der Waals surface area (Å²) in [6.07, 6.45) is 4.21. The van der Waals surface area contributed by atoms with Crippen molar-refractivity contribution in [2.75, 3.05) is 31.5 Å². The van der Waals surface area contributed by atoms with Crippen LogP contribution in [0.4, 0.5) is 14.9 Å². The van der Waals surface area contributed by atoms with Gasteiger partial charge in [-0.15, -0.1) is 0 Å². The van der Waals surface area contributed by atoms with Crippen LogP contribution in [-0.4, -0.2) is 42.0 Å². The second kappa shape index (κ2) is 11.8. The third-order valence-electron chi connectivity index (χ3n) is 8.82. The van der Waals surface area contributed by atoms with Crippen LogP contribution in [0.1, 0.15) is 59.8 Å². The molecule has 0 bridgehead atoms. The minimum absolute atomic E-state index is 0.0532. The Labute approximate surface area is 236 Å². The van der Waals surface area contributed by atoms with E-state index >= 15 is 0 Å². The van der Waals surface area contributed by atoms with Crippen LogP contribution in [0.5, 0.6) is 0 Å². The van der Waals surface area contributed by atoms with Crippen LogP contribution in [0.3, 0.4) is 0 Å². The van der Waals surface area contributed by atoms with E-state index in [1.54, 1.807) is 0 Å². The summed E-state index contributed by atoms with van der Waals surface area (Å²) in [5.41, 5.74) is 6.12. The average Bonchev–Trinajstić information content (AvgIpc) is 2.98. The lowest BCUT2D eigenvalue weighted by molar-refractivity contribution is 0.194. The predicted molar refractivity (Wildman–Crippen MR) is 161 cm³/mol. The molecule has 0 saturated carbocycles. The molecule has 2 aliphatic rings. The Hall–Kier alpha value is -3.70. The van der Waals surface area contributed by atoms with Gasteiger partial charge < -0.3 is 10.2 Å². The van der Waals surface area contributed by atoms with Gasteiger partial charge in [0.1, 0.15) is 5.82 Å². The number of fused-ring (bicyclic) bond motifs is 1. The molecule has 5 heteroatoms. The number of halogens is 1. The van der Waals surface area contributed by atoms with Crippen LogP contribution in [0.25, 0.3) is 10.8 Å². The van der Waals surface area contributed by atoms with Crippen molar-refractivity contribution in [3.63, 3.8) is 0 Å². The number of rotatable bonds is 5. The van der Waals surface area contributed by atoms with Crippen LogP contribution in [-0.2, 0) is 6.54 Å². The Morgan fingerprint density at radius 1 is 0.750 bits per heavy atom. The van der Waals surface area contributed by atoms with Crippen LogP contribution in [0.2, 0.25) is 0 Å². The van der Waals surface area contributed by atoms with Gasteiger partial charge in [0.15, 0.2) is 0 Å². The molecule has 0 atom stereocenters. The molecule has 1 N–H and O–H groups in total. The van der Waals surface area contributed by atoms with Gasteiger partial charge in [-0.3, -0.25) is 4.90 Å². The molecule has 4 aromatic rings. The topological polar surface area (TPSA) is 35.6 Å². The third kappa shape index (κ3) is 6.20. The summed E-state index contributed by atoms with van der Waals surface area (Å²) in [5.74, 6) is 0.837. The number of anilines is 1. The van der Waals surface area contributed by atoms with Crippen LogP contribution < -0.4 is 5.32 Å². The number of hydrogen-bond acceptors (Lipinski definition) is 2. The van der Waals surface area contributed by atoms with Gasteiger partial charge in [-0.2, -0.15) is 0 Å². The first-order valence-corrected chi connectivity index (χ1v) is 14.6. The molecule has 0 aromatic heterocycles. The average molecular weight is 536 g/mol. The monoisotopic (exact) mass is 535 g/mol. The van der Waals surface area contributed by atoms with Crippen LogP contribution >= 0.6 is 0 Å². The van der Waals surface area contributed by atoms with Gasteiger partial charge in [-0.25, -0.2) is 9.18 Å². The molecule has 6 rings (SSSR count). The van der Waals surface area contributed by atoms with Crippen molar-refractivity contribution >= 4 is 22.5 Å². The Morgan fingerprint density at radius 3 is 2.00 bits per heavy atom. The Morgan fingerprint density at radius 2 is 1.32 bits per heavy atom. The molecule has 206 valence electrons. The lowest BCUT2D eigenvalue weighted by atomic mass is 9.89. The van der Waals surface area contributed by atoms with Crippen molar-refractivity contribution in [1.82, 2.24) is 9.80 Å². The zero-order valence-corrected chi connectivity index (χ0v) is 23.3. The minimum atomic E-state index is -0.207. The van der Waals surface area contributed by atoms with E-state index in [-0.39, 0.29) is 11.8 Å². The van der Waals surface area contributed by atoms with Crippen molar-refractivity contribution < 1.29 is 9.18 Å². The second-order valence-corrected chi connectivity index (χ2v) is 11.6. The molecule has 0 aliphatic carbocycles. The first-order chi connectivity index (χ1) is 19.5. The number of likely N-dealkylation sites (tertiary alicyclic amines) is 2. The van der Waals surface area contributed by atoms with Gasteiger partial charge in [0.25, 0.3) is 0 Å². The summed E-state index contributed by atoms with van der Waals surface area (Å²) in [6, 6.07) is 28.6. The fourth-order valence-electron chi connectivity index (χ4n) is 6.35. The Kier molecular flexibility index (Phi) is 7.83. The number of carbonyl (C=O) groups excluding carboxylic acids is 1. The van der Waals surface area contributed by atoms with Gasteiger partial charge in [0.05, 0.1) is 0 Å². The molecule has 0 spiro atoms. The summed E-state index contributed by atoms with van der Waals surface area (Å²) < 4.78 is 13.2. The largest absolute Gasteiger partial charge is 0.324 e. The van der Waals surface area contributed by atoms with Gasteiger partial charge >= 0.3 is 6.03 Å². The number of carbonyl (C=O) groups is 1. The molecule has 0 unspecified atom stereocenters. The molecule has 2 heterocycles. The van der Waals surface area contributed by atoms with Crippen molar-refractivity contribution in [2.24, 2.45) is 0 Å². The van der Waals surface area contributed by atoms with E-state index in [2.05, 4.69) is 71.7 Å². The summed E-state index contributed by atoms with van der Waals surface area (Å²) in [5, 5.41) is 5.43. The highest BCUT2D eigenvalue weighted by molar-refractivity contribution is 5.93. The smallest absolute Gasteiger partial charge is 0.321 e. The number of nitrogens with zero attached hydrogens (tertiary/aromatic N) is 2. The summed E-state index contributed by atoms with van der Waals surface area (Å²) >= 11 is 0. The molecule has 2 amide bonds. The standard InChI is InChI=1S/C35H38FN3O/c1-25-2-5-27(6-3-25)29-14-18-38(19-15-29)24-26-4-7-32-23-34(13-10-31(32)22-26)37-35(40)39-20-16-30(17-21-39)28-8-11-33(36)12-9-28/h2-13,22-23,29-30H,14-21,24H2,1H3,(H,37,40). The maximum atomic E-state index is 13.2. The number of aryl methyl sites for hydroxylation is 1. The highest BCUT2D eigenvalue weighted by Gasteiger charge is 2.24. The van der Waals surface area contributed by atoms with E-state index in [0.29, 0.717) is 24.9 Å². The van der Waals surface area contributed by atoms with Gasteiger partial charge in [-0.05, 0) is 115 Å². The first-order valence-electron chi connectivity index (χ1n) is 14.6. The maximum absolute atomic E-state index is 13.2. The van der Waals surface area contributed by atoms with Crippen molar-refractivity contribution in [2.45, 2.75) is 51.0 Å². The molecular weight excluding hydrogens is 497 g/mol. The Bertz CT molecular complexity index is 1450. The van der Waals surface area contributed by atoms with Gasteiger partial charge in [0.2, 0.25) is 0 Å². The molecule has 0 radical (unpaired) electrons. The van der Waals surface area contributed by atoms with E-state index in [4.69, 9.17) is 0 Å². The van der Waals surface area contributed by atoms with E-state index in [1.807, 2.05) is 23.1 Å². The molecule has 2 saturated heterocycles. The lowest BCUT2D eigenvalue weighted by Crippen LogP contribution is -2.40. The number of amides is 2. The fourth-order valence-corrected chi connectivity index (χ4v) is 6.35. The molecule has 2 fully saturated rings. The molecule has 40 heavy (non-hydrogen) atoms. The third-order valence-corrected chi connectivity index (χ3v) is 8.82. The zero-order valence-electron chi connectivity index (χ0n) is 23.3. The highest BCUT2D eigenvalue weighted by Crippen LogP contribution is 2.31. The summed E-state index contributed by atoms with van der Waals surface area (Å²) in [7, 11) is 0. The van der Waals surface area contributed by atoms with Crippen LogP contribution in [0.15, 0.2) is 84.9 Å². The molecule has 4 nitrogen and oxygen atoms in total. The number of benzene rings is 4. The Balaban J connectivity index is 1.01. The normalized spacial score (nSPS) is 17.3. The van der Waals surface area contributed by atoms with E-state index in [1.165, 1.54) is 47.1 Å². The SMILES string of the molecule is Cc1ccc(C2CCN(Cc3ccc4cc(NC(=O)N5CCC(c6ccc(F)cc6)CC5)ccc4c3)CC2)cc1. The maximum Gasteiger partial charge on any atom is 0.321 e. The summed E-state index contributed by atoms with van der Waals surface area (Å²) in [6.45, 7) is 6.78. The number of nitrogens with one attached hydrogen (secondary N) is 1. The second-order valence-electron chi connectivity index (χ2n) is 11.6. The van der Waals surface area contributed by atoms with Crippen LogP contribution in [0, 0.1) is 12.7 Å². The highest BCUT2D eigenvalue weighted by atomic mass is 19.1. The predicted octanol–water partition coefficient (Wildman–Crippen LogP) is 8.08. The van der Waals surface area contributed by atoms with E-state index < -0.39 is 0 Å². The first kappa shape index (κ1) is 26.5. The number of hydrogen-bond donors (Lipinski definition) is 1. The number of piperidine rings is 2. The minimum Gasteiger partial charge on any atom is -0.324 e. The number of urea groups is 1. The van der Waals surface area contributed by atoms with Crippen molar-refractivity contribution in [3.8, 4) is 0 Å². The van der Waals surface area contributed by atoms with Crippen molar-refractivity contribution in [1.29, 1.82) is 0 Å². The lowest BCUT2D eigenvalue weighted by Gasteiger charge is -2.32. The van der Waals surface area contributed by atoms with Gasteiger partial charge in [-0.1, -0.05) is 60.2 Å².